The lowest BCUT2D eigenvalue weighted by molar-refractivity contribution is -0.855. The SMILES string of the molecule is CNC.CNC.C[NH+](C)CCCl.C[NH2+]C.Cl.ClCCCl.[Cl-].[Cl-]. The second-order valence-corrected chi connectivity index (χ2v) is 4.74. The van der Waals surface area contributed by atoms with Crippen LogP contribution in [0.1, 0.15) is 0 Å². The Balaban J connectivity index is -0.0000000185. The first-order valence-corrected chi connectivity index (χ1v) is 7.91. The summed E-state index contributed by atoms with van der Waals surface area (Å²) in [6.07, 6.45) is 0. The van der Waals surface area contributed by atoms with Crippen LogP contribution in [0.15, 0.2) is 0 Å². The van der Waals surface area contributed by atoms with Crippen molar-refractivity contribution < 1.29 is 35.0 Å². The summed E-state index contributed by atoms with van der Waals surface area (Å²) in [5, 5.41) is 7.50. The molecule has 0 aliphatic heterocycles. The molecule has 0 fully saturated rings. The standard InChI is InChI=1S/C4H10ClN.C2H4Cl2.3C2H7N.3ClH/c1-6(2)4-3-5;3-1-2-4;3*1-3-2;;;/h3-4H2,1-2H3;1-2H2;3*3H,1-2H3;3*1H. The Kier molecular flexibility index (Phi) is 177. The number of nitrogens with one attached hydrogen (secondary N) is 3. The molecule has 148 valence electrons. The van der Waals surface area contributed by atoms with E-state index in [0.717, 1.165) is 12.4 Å². The van der Waals surface area contributed by atoms with Crippen molar-refractivity contribution in [2.24, 2.45) is 0 Å². The quantitative estimate of drug-likeness (QED) is 0.323. The monoisotopic (exact) mass is 448 g/mol. The minimum absolute atomic E-state index is 0. The fourth-order valence-corrected chi connectivity index (χ4v) is 0.567. The molecule has 22 heavy (non-hydrogen) atoms. The fourth-order valence-electron chi connectivity index (χ4n) is 0.189. The van der Waals surface area contributed by atoms with E-state index in [4.69, 9.17) is 34.8 Å². The number of rotatable bonds is 3. The van der Waals surface area contributed by atoms with Gasteiger partial charge >= 0.3 is 0 Å². The lowest BCUT2D eigenvalue weighted by atomic mass is 10.7. The Bertz CT molecular complexity index is 89.3. The molecule has 0 aromatic rings. The van der Waals surface area contributed by atoms with Crippen LogP contribution in [0.2, 0.25) is 0 Å². The number of hydrogen-bond acceptors (Lipinski definition) is 2. The van der Waals surface area contributed by atoms with Crippen LogP contribution in [-0.2, 0) is 0 Å². The molecule has 0 amide bonds. The van der Waals surface area contributed by atoms with Gasteiger partial charge in [-0.25, -0.2) is 0 Å². The van der Waals surface area contributed by atoms with E-state index in [1.165, 1.54) is 4.90 Å². The minimum Gasteiger partial charge on any atom is -1.00 e. The molecule has 0 atom stereocenters. The van der Waals surface area contributed by atoms with Crippen LogP contribution in [0.3, 0.4) is 0 Å². The highest BCUT2D eigenvalue weighted by molar-refractivity contribution is 6.25. The summed E-state index contributed by atoms with van der Waals surface area (Å²) >= 11 is 15.5. The summed E-state index contributed by atoms with van der Waals surface area (Å²) in [7, 11) is 15.7. The molecule has 0 saturated carbocycles. The molecule has 0 bridgehead atoms. The Morgan fingerprint density at radius 3 is 0.955 bits per heavy atom. The predicted molar refractivity (Wildman–Crippen MR) is 101 cm³/mol. The first-order chi connectivity index (χ1) is 8.93. The molecule has 10 heteroatoms. The van der Waals surface area contributed by atoms with E-state index in [0.29, 0.717) is 11.8 Å². The minimum atomic E-state index is 0. The normalized spacial score (nSPS) is 6.55. The van der Waals surface area contributed by atoms with Gasteiger partial charge in [0, 0.05) is 11.8 Å². The van der Waals surface area contributed by atoms with Gasteiger partial charge in [-0.3, -0.25) is 0 Å². The second-order valence-electron chi connectivity index (χ2n) is 3.60. The maximum absolute atomic E-state index is 5.38. The number of hydrogen-bond donors (Lipinski definition) is 4. The maximum atomic E-state index is 5.38. The molecule has 0 aromatic carbocycles. The summed E-state index contributed by atoms with van der Waals surface area (Å²) in [6.45, 7) is 1.06. The number of nitrogens with two attached hydrogens (primary N) is 1. The number of alkyl halides is 3. The van der Waals surface area contributed by atoms with Gasteiger partial charge in [0.1, 0.15) is 0 Å². The highest BCUT2D eigenvalue weighted by atomic mass is 35.5. The van der Waals surface area contributed by atoms with E-state index < -0.39 is 0 Å². The Labute approximate surface area is 173 Å². The largest absolute Gasteiger partial charge is 1.00 e. The second kappa shape index (κ2) is 78.4. The highest BCUT2D eigenvalue weighted by Crippen LogP contribution is 1.75. The van der Waals surface area contributed by atoms with E-state index in [-0.39, 0.29) is 37.2 Å². The van der Waals surface area contributed by atoms with E-state index >= 15 is 0 Å². The van der Waals surface area contributed by atoms with Crippen LogP contribution in [0.25, 0.3) is 0 Å². The topological polar surface area (TPSA) is 45.1 Å². The summed E-state index contributed by atoms with van der Waals surface area (Å²) in [6, 6.07) is 0. The third-order valence-electron chi connectivity index (χ3n) is 0.666. The molecule has 0 rings (SSSR count). The summed E-state index contributed by atoms with van der Waals surface area (Å²) < 4.78 is 0. The van der Waals surface area contributed by atoms with E-state index in [2.05, 4.69) is 24.7 Å². The molecule has 0 spiro atoms. The van der Waals surface area contributed by atoms with Gasteiger partial charge in [0.15, 0.2) is 0 Å². The van der Waals surface area contributed by atoms with Gasteiger partial charge in [-0.2, -0.15) is 0 Å². The first kappa shape index (κ1) is 49.5. The van der Waals surface area contributed by atoms with Gasteiger partial charge in [0.2, 0.25) is 0 Å². The molecular weight excluding hydrogens is 413 g/mol. The van der Waals surface area contributed by atoms with Crippen molar-refractivity contribution in [3.8, 4) is 0 Å². The van der Waals surface area contributed by atoms with Crippen LogP contribution < -0.4 is 45.7 Å². The van der Waals surface area contributed by atoms with E-state index in [1.54, 1.807) is 0 Å². The van der Waals surface area contributed by atoms with E-state index in [1.807, 2.05) is 47.6 Å². The van der Waals surface area contributed by atoms with Crippen LogP contribution in [-0.4, -0.2) is 80.6 Å². The average Bonchev–Trinajstić information content (AvgIpc) is 2.32. The van der Waals surface area contributed by atoms with Gasteiger partial charge in [-0.15, -0.1) is 47.2 Å². The van der Waals surface area contributed by atoms with Crippen molar-refractivity contribution in [1.82, 2.24) is 10.6 Å². The van der Waals surface area contributed by atoms with Gasteiger partial charge in [-0.05, 0) is 28.2 Å². The van der Waals surface area contributed by atoms with Crippen LogP contribution in [0.4, 0.5) is 0 Å². The van der Waals surface area contributed by atoms with Crippen molar-refractivity contribution >= 4 is 47.2 Å². The van der Waals surface area contributed by atoms with Gasteiger partial charge in [-0.1, -0.05) is 0 Å². The molecule has 0 unspecified atom stereocenters. The van der Waals surface area contributed by atoms with Gasteiger partial charge < -0.3 is 45.7 Å². The van der Waals surface area contributed by atoms with Crippen molar-refractivity contribution in [3.05, 3.63) is 0 Å². The zero-order valence-corrected chi connectivity index (χ0v) is 19.8. The molecule has 0 radical (unpaired) electrons. The zero-order chi connectivity index (χ0) is 16.5. The Hall–Kier alpha value is 1.58. The molecule has 0 saturated heterocycles. The predicted octanol–water partition coefficient (Wildman–Crippen LogP) is -6.26. The van der Waals surface area contributed by atoms with Gasteiger partial charge in [0.25, 0.3) is 0 Å². The fraction of sp³-hybridized carbons (Fsp3) is 1.00. The average molecular weight is 451 g/mol. The van der Waals surface area contributed by atoms with Crippen molar-refractivity contribution in [2.45, 2.75) is 0 Å². The van der Waals surface area contributed by atoms with Crippen molar-refractivity contribution in [2.75, 3.05) is 80.6 Å². The lowest BCUT2D eigenvalue weighted by Gasteiger charge is -2.00. The van der Waals surface area contributed by atoms with Crippen molar-refractivity contribution in [3.63, 3.8) is 0 Å². The van der Waals surface area contributed by atoms with Crippen LogP contribution in [0, 0.1) is 0 Å². The summed E-state index contributed by atoms with van der Waals surface area (Å²) in [5.41, 5.74) is 0. The third-order valence-corrected chi connectivity index (χ3v) is 1.43. The summed E-state index contributed by atoms with van der Waals surface area (Å²) in [4.78, 5) is 1.41. The Morgan fingerprint density at radius 1 is 0.773 bits per heavy atom. The molecule has 0 heterocycles. The summed E-state index contributed by atoms with van der Waals surface area (Å²) in [5.74, 6) is 1.88. The Morgan fingerprint density at radius 2 is 0.955 bits per heavy atom. The highest BCUT2D eigenvalue weighted by Gasteiger charge is 1.84. The molecule has 0 aromatic heterocycles. The smallest absolute Gasteiger partial charge is 0.0904 e. The van der Waals surface area contributed by atoms with E-state index in [9.17, 15) is 0 Å². The number of halogens is 6. The number of quaternary nitrogens is 2. The molecule has 0 aliphatic rings. The van der Waals surface area contributed by atoms with Crippen LogP contribution >= 0.6 is 47.2 Å². The molecule has 0 aliphatic carbocycles. The first-order valence-electron chi connectivity index (χ1n) is 6.31. The third kappa shape index (κ3) is 294. The molecule has 5 N–H and O–H groups in total. The molecular formula is C12H38Cl6N4. The maximum Gasteiger partial charge on any atom is 0.0904 e. The van der Waals surface area contributed by atoms with Crippen molar-refractivity contribution in [1.29, 1.82) is 0 Å². The lowest BCUT2D eigenvalue weighted by Crippen LogP contribution is -3.06. The van der Waals surface area contributed by atoms with Gasteiger partial charge in [0.05, 0.1) is 40.6 Å². The zero-order valence-electron chi connectivity index (χ0n) is 15.2. The van der Waals surface area contributed by atoms with Crippen LogP contribution in [0.5, 0.6) is 0 Å². The molecule has 4 nitrogen and oxygen atoms in total.